The van der Waals surface area contributed by atoms with Gasteiger partial charge in [0.15, 0.2) is 0 Å². The average Bonchev–Trinajstić information content (AvgIpc) is 2.47. The molecule has 0 bridgehead atoms. The van der Waals surface area contributed by atoms with Gasteiger partial charge >= 0.3 is 0 Å². The Kier molecular flexibility index (Phi) is 3.93. The Balaban J connectivity index is 1.74. The van der Waals surface area contributed by atoms with Crippen LogP contribution in [0.5, 0.6) is 0 Å². The number of benzene rings is 2. The Bertz CT molecular complexity index is 652. The first-order valence-electron chi connectivity index (χ1n) is 7.66. The molecule has 2 aromatic rings. The number of carbonyl (C=O) groups is 1. The number of fused-ring (bicyclic) bond motifs is 1. The van der Waals surface area contributed by atoms with Crippen LogP contribution in [-0.4, -0.2) is 29.4 Å². The Morgan fingerprint density at radius 3 is 2.76 bits per heavy atom. The molecule has 2 unspecified atom stereocenters. The molecule has 0 spiro atoms. The third kappa shape index (κ3) is 3.08. The summed E-state index contributed by atoms with van der Waals surface area (Å²) < 4.78 is 0. The maximum Gasteiger partial charge on any atom is 0.227 e. The van der Waals surface area contributed by atoms with Gasteiger partial charge in [-0.2, -0.15) is 0 Å². The third-order valence-electron chi connectivity index (χ3n) is 4.41. The molecule has 3 nitrogen and oxygen atoms in total. The summed E-state index contributed by atoms with van der Waals surface area (Å²) in [6.45, 7) is 2.88. The number of nitrogens with zero attached hydrogens (tertiary/aromatic N) is 1. The van der Waals surface area contributed by atoms with Gasteiger partial charge in [0.05, 0.1) is 6.42 Å². The first-order valence-corrected chi connectivity index (χ1v) is 7.66. The molecule has 1 fully saturated rings. The van der Waals surface area contributed by atoms with E-state index < -0.39 is 0 Å². The second-order valence-electron chi connectivity index (χ2n) is 6.08. The molecular weight excluding hydrogens is 260 g/mol. The highest BCUT2D eigenvalue weighted by molar-refractivity contribution is 5.85. The molecule has 0 aliphatic carbocycles. The van der Waals surface area contributed by atoms with Crippen LogP contribution < -0.4 is 5.73 Å². The van der Waals surface area contributed by atoms with E-state index in [0.717, 1.165) is 24.9 Å². The van der Waals surface area contributed by atoms with Gasteiger partial charge < -0.3 is 10.6 Å². The average molecular weight is 282 g/mol. The van der Waals surface area contributed by atoms with Crippen molar-refractivity contribution in [2.24, 2.45) is 5.73 Å². The minimum atomic E-state index is 0.213. The van der Waals surface area contributed by atoms with Crippen molar-refractivity contribution < 1.29 is 4.79 Å². The van der Waals surface area contributed by atoms with E-state index in [1.807, 2.05) is 17.0 Å². The van der Waals surface area contributed by atoms with E-state index in [-0.39, 0.29) is 18.0 Å². The van der Waals surface area contributed by atoms with Gasteiger partial charge in [-0.1, -0.05) is 42.5 Å². The highest BCUT2D eigenvalue weighted by Crippen LogP contribution is 2.19. The molecule has 0 saturated carbocycles. The number of hydrogen-bond acceptors (Lipinski definition) is 2. The van der Waals surface area contributed by atoms with E-state index >= 15 is 0 Å². The highest BCUT2D eigenvalue weighted by atomic mass is 16.2. The smallest absolute Gasteiger partial charge is 0.227 e. The largest absolute Gasteiger partial charge is 0.340 e. The highest BCUT2D eigenvalue weighted by Gasteiger charge is 2.26. The van der Waals surface area contributed by atoms with Crippen molar-refractivity contribution in [1.29, 1.82) is 0 Å². The number of rotatable bonds is 2. The van der Waals surface area contributed by atoms with Crippen LogP contribution >= 0.6 is 0 Å². The lowest BCUT2D eigenvalue weighted by Crippen LogP contribution is -2.48. The van der Waals surface area contributed by atoms with E-state index in [4.69, 9.17) is 5.73 Å². The van der Waals surface area contributed by atoms with Crippen LogP contribution in [0.15, 0.2) is 42.5 Å². The van der Waals surface area contributed by atoms with Gasteiger partial charge in [0.2, 0.25) is 5.91 Å². The SMILES string of the molecule is CC1CC(N)CCN1C(=O)Cc1ccc2ccccc2c1. The normalized spacial score (nSPS) is 22.5. The molecule has 3 rings (SSSR count). The lowest BCUT2D eigenvalue weighted by molar-refractivity contribution is -0.133. The number of amides is 1. The molecule has 1 aliphatic rings. The van der Waals surface area contributed by atoms with Crippen molar-refractivity contribution in [2.75, 3.05) is 6.54 Å². The topological polar surface area (TPSA) is 46.3 Å². The predicted molar refractivity (Wildman–Crippen MR) is 86.0 cm³/mol. The fourth-order valence-electron chi connectivity index (χ4n) is 3.20. The van der Waals surface area contributed by atoms with Crippen molar-refractivity contribution in [3.63, 3.8) is 0 Å². The minimum absolute atomic E-state index is 0.213. The van der Waals surface area contributed by atoms with Crippen LogP contribution in [0.3, 0.4) is 0 Å². The van der Waals surface area contributed by atoms with E-state index in [0.29, 0.717) is 6.42 Å². The summed E-state index contributed by atoms with van der Waals surface area (Å²) in [5, 5.41) is 2.41. The standard InChI is InChI=1S/C18H22N2O/c1-13-10-17(19)8-9-20(13)18(21)12-14-6-7-15-4-2-3-5-16(15)11-14/h2-7,11,13,17H,8-10,12,19H2,1H3. The molecule has 0 aromatic heterocycles. The molecule has 1 amide bonds. The molecule has 1 saturated heterocycles. The van der Waals surface area contributed by atoms with Crippen LogP contribution in [0, 0.1) is 0 Å². The first-order chi connectivity index (χ1) is 10.1. The minimum Gasteiger partial charge on any atom is -0.340 e. The fourth-order valence-corrected chi connectivity index (χ4v) is 3.20. The zero-order chi connectivity index (χ0) is 14.8. The van der Waals surface area contributed by atoms with Crippen LogP contribution in [0.25, 0.3) is 10.8 Å². The lowest BCUT2D eigenvalue weighted by Gasteiger charge is -2.36. The van der Waals surface area contributed by atoms with Gasteiger partial charge in [0, 0.05) is 18.6 Å². The summed E-state index contributed by atoms with van der Waals surface area (Å²) in [5.74, 6) is 0.213. The molecule has 2 aromatic carbocycles. The van der Waals surface area contributed by atoms with Gasteiger partial charge in [0.25, 0.3) is 0 Å². The molecule has 2 N–H and O–H groups in total. The van der Waals surface area contributed by atoms with Crippen molar-refractivity contribution in [2.45, 2.75) is 38.3 Å². The number of piperidine rings is 1. The molecule has 21 heavy (non-hydrogen) atoms. The van der Waals surface area contributed by atoms with Crippen molar-refractivity contribution >= 4 is 16.7 Å². The number of likely N-dealkylation sites (tertiary alicyclic amines) is 1. The number of carbonyl (C=O) groups excluding carboxylic acids is 1. The summed E-state index contributed by atoms with van der Waals surface area (Å²) in [6.07, 6.45) is 2.29. The van der Waals surface area contributed by atoms with Crippen LogP contribution in [0.1, 0.15) is 25.3 Å². The third-order valence-corrected chi connectivity index (χ3v) is 4.41. The van der Waals surface area contributed by atoms with E-state index in [1.54, 1.807) is 0 Å². The number of nitrogens with two attached hydrogens (primary N) is 1. The van der Waals surface area contributed by atoms with Gasteiger partial charge in [-0.3, -0.25) is 4.79 Å². The summed E-state index contributed by atoms with van der Waals surface area (Å²) in [5.41, 5.74) is 7.05. The molecule has 0 radical (unpaired) electrons. The van der Waals surface area contributed by atoms with E-state index in [1.165, 1.54) is 10.8 Å². The maximum atomic E-state index is 12.5. The van der Waals surface area contributed by atoms with Crippen LogP contribution in [0.2, 0.25) is 0 Å². The van der Waals surface area contributed by atoms with Crippen molar-refractivity contribution in [1.82, 2.24) is 4.90 Å². The Morgan fingerprint density at radius 1 is 1.24 bits per heavy atom. The van der Waals surface area contributed by atoms with Crippen molar-refractivity contribution in [3.05, 3.63) is 48.0 Å². The Morgan fingerprint density at radius 2 is 2.00 bits per heavy atom. The van der Waals surface area contributed by atoms with Gasteiger partial charge in [-0.25, -0.2) is 0 Å². The fraction of sp³-hybridized carbons (Fsp3) is 0.389. The first kappa shape index (κ1) is 14.1. The number of hydrogen-bond donors (Lipinski definition) is 1. The van der Waals surface area contributed by atoms with Gasteiger partial charge in [-0.15, -0.1) is 0 Å². The molecular formula is C18H22N2O. The maximum absolute atomic E-state index is 12.5. The second kappa shape index (κ2) is 5.86. The summed E-state index contributed by atoms with van der Waals surface area (Å²) in [7, 11) is 0. The quantitative estimate of drug-likeness (QED) is 0.920. The Hall–Kier alpha value is -1.87. The monoisotopic (exact) mass is 282 g/mol. The molecule has 1 aliphatic heterocycles. The lowest BCUT2D eigenvalue weighted by atomic mass is 9.98. The van der Waals surface area contributed by atoms with Crippen LogP contribution in [0.4, 0.5) is 0 Å². The molecule has 1 heterocycles. The predicted octanol–water partition coefficient (Wildman–Crippen LogP) is 2.72. The zero-order valence-electron chi connectivity index (χ0n) is 12.5. The van der Waals surface area contributed by atoms with Crippen LogP contribution in [-0.2, 0) is 11.2 Å². The summed E-state index contributed by atoms with van der Waals surface area (Å²) in [6, 6.07) is 15.0. The van der Waals surface area contributed by atoms with Gasteiger partial charge in [0.1, 0.15) is 0 Å². The van der Waals surface area contributed by atoms with E-state index in [2.05, 4.69) is 37.3 Å². The van der Waals surface area contributed by atoms with Gasteiger partial charge in [-0.05, 0) is 36.1 Å². The summed E-state index contributed by atoms with van der Waals surface area (Å²) >= 11 is 0. The zero-order valence-corrected chi connectivity index (χ0v) is 12.5. The van der Waals surface area contributed by atoms with E-state index in [9.17, 15) is 4.79 Å². The summed E-state index contributed by atoms with van der Waals surface area (Å²) in [4.78, 5) is 14.5. The Labute approximate surface area is 125 Å². The molecule has 2 atom stereocenters. The molecule has 3 heteroatoms. The molecule has 110 valence electrons. The second-order valence-corrected chi connectivity index (χ2v) is 6.08. The van der Waals surface area contributed by atoms with Crippen molar-refractivity contribution in [3.8, 4) is 0 Å².